The van der Waals surface area contributed by atoms with Crippen LogP contribution in [0.5, 0.6) is 0 Å². The molecule has 0 unspecified atom stereocenters. The van der Waals surface area contributed by atoms with Crippen molar-refractivity contribution in [1.29, 1.82) is 0 Å². The summed E-state index contributed by atoms with van der Waals surface area (Å²) >= 11 is 7.20. The van der Waals surface area contributed by atoms with Gasteiger partial charge < -0.3 is 10.6 Å². The molecule has 4 rings (SSSR count). The van der Waals surface area contributed by atoms with Crippen LogP contribution in [0.15, 0.2) is 90.1 Å². The molecule has 0 aliphatic carbocycles. The number of carbonyl (C=O) groups is 2. The van der Waals surface area contributed by atoms with E-state index in [0.29, 0.717) is 21.6 Å². The monoisotopic (exact) mass is 505 g/mol. The number of benzene rings is 3. The van der Waals surface area contributed by atoms with Gasteiger partial charge in [0.05, 0.1) is 18.3 Å². The lowest BCUT2D eigenvalue weighted by Gasteiger charge is -2.14. The van der Waals surface area contributed by atoms with Crippen LogP contribution in [0.25, 0.3) is 5.69 Å². The highest BCUT2D eigenvalue weighted by atomic mass is 35.5. The lowest BCUT2D eigenvalue weighted by atomic mass is 10.1. The third kappa shape index (κ3) is 6.49. The smallest absolute Gasteiger partial charge is 0.251 e. The molecule has 1 aromatic heterocycles. The molecule has 0 radical (unpaired) electrons. The second-order valence-corrected chi connectivity index (χ2v) is 9.13. The molecule has 0 aliphatic rings. The summed E-state index contributed by atoms with van der Waals surface area (Å²) in [6.45, 7) is 2.12. The Balaban J connectivity index is 1.45. The van der Waals surface area contributed by atoms with Crippen LogP contribution in [-0.4, -0.2) is 32.3 Å². The standard InChI is InChI=1S/C26H24ClN5O2S/c1-18(19-8-4-2-5-9-19)29-24(33)17-35-26-31-30-23(32(26)22-10-6-3-7-11-22)16-28-25(34)20-12-14-21(27)15-13-20/h2-15,18H,16-17H2,1H3,(H,28,34)(H,29,33)/t18-/m0/s1. The van der Waals surface area contributed by atoms with E-state index in [2.05, 4.69) is 20.8 Å². The zero-order valence-corrected chi connectivity index (χ0v) is 20.6. The number of amides is 2. The van der Waals surface area contributed by atoms with Crippen molar-refractivity contribution in [2.45, 2.75) is 24.7 Å². The Morgan fingerprint density at radius 1 is 0.943 bits per heavy atom. The number of nitrogens with one attached hydrogen (secondary N) is 2. The molecule has 35 heavy (non-hydrogen) atoms. The van der Waals surface area contributed by atoms with Crippen LogP contribution >= 0.6 is 23.4 Å². The van der Waals surface area contributed by atoms with Gasteiger partial charge in [0.25, 0.3) is 5.91 Å². The first kappa shape index (κ1) is 24.5. The fourth-order valence-corrected chi connectivity index (χ4v) is 4.35. The van der Waals surface area contributed by atoms with E-state index in [1.54, 1.807) is 24.3 Å². The second-order valence-electron chi connectivity index (χ2n) is 7.75. The summed E-state index contributed by atoms with van der Waals surface area (Å²) in [4.78, 5) is 25.1. The van der Waals surface area contributed by atoms with Gasteiger partial charge in [0.15, 0.2) is 11.0 Å². The molecule has 7 nitrogen and oxygen atoms in total. The average molecular weight is 506 g/mol. The lowest BCUT2D eigenvalue weighted by molar-refractivity contribution is -0.119. The van der Waals surface area contributed by atoms with Crippen LogP contribution in [0.3, 0.4) is 0 Å². The Morgan fingerprint density at radius 3 is 2.29 bits per heavy atom. The van der Waals surface area contributed by atoms with Crippen molar-refractivity contribution in [3.63, 3.8) is 0 Å². The Hall–Kier alpha value is -3.62. The predicted octanol–water partition coefficient (Wildman–Crippen LogP) is 4.82. The number of para-hydroxylation sites is 1. The van der Waals surface area contributed by atoms with E-state index in [4.69, 9.17) is 11.6 Å². The first-order valence-electron chi connectivity index (χ1n) is 11.0. The van der Waals surface area contributed by atoms with E-state index in [9.17, 15) is 9.59 Å². The van der Waals surface area contributed by atoms with Crippen LogP contribution < -0.4 is 10.6 Å². The quantitative estimate of drug-likeness (QED) is 0.318. The zero-order chi connectivity index (χ0) is 24.6. The van der Waals surface area contributed by atoms with Crippen LogP contribution in [0.4, 0.5) is 0 Å². The van der Waals surface area contributed by atoms with Crippen LogP contribution in [0.1, 0.15) is 34.7 Å². The maximum Gasteiger partial charge on any atom is 0.251 e. The van der Waals surface area contributed by atoms with Crippen molar-refractivity contribution >= 4 is 35.2 Å². The SMILES string of the molecule is C[C@H](NC(=O)CSc1nnc(CNC(=O)c2ccc(Cl)cc2)n1-c1ccccc1)c1ccccc1. The van der Waals surface area contributed by atoms with Crippen LogP contribution in [-0.2, 0) is 11.3 Å². The number of nitrogens with zero attached hydrogens (tertiary/aromatic N) is 3. The summed E-state index contributed by atoms with van der Waals surface area (Å²) in [5.41, 5.74) is 2.38. The van der Waals surface area contributed by atoms with E-state index in [1.807, 2.05) is 72.2 Å². The summed E-state index contributed by atoms with van der Waals surface area (Å²) in [6.07, 6.45) is 0. The molecule has 2 N–H and O–H groups in total. The maximum atomic E-state index is 12.6. The molecule has 0 aliphatic heterocycles. The number of hydrogen-bond donors (Lipinski definition) is 2. The summed E-state index contributed by atoms with van der Waals surface area (Å²) in [5, 5.41) is 15.6. The first-order chi connectivity index (χ1) is 17.0. The van der Waals surface area contributed by atoms with Gasteiger partial charge >= 0.3 is 0 Å². The van der Waals surface area contributed by atoms with Crippen LogP contribution in [0.2, 0.25) is 5.02 Å². The van der Waals surface area contributed by atoms with Gasteiger partial charge in [0, 0.05) is 16.3 Å². The van der Waals surface area contributed by atoms with Gasteiger partial charge in [-0.25, -0.2) is 0 Å². The normalized spacial score (nSPS) is 11.6. The van der Waals surface area contributed by atoms with Gasteiger partial charge in [-0.15, -0.1) is 10.2 Å². The highest BCUT2D eigenvalue weighted by Gasteiger charge is 2.18. The van der Waals surface area contributed by atoms with Crippen molar-refractivity contribution in [3.05, 3.63) is 107 Å². The van der Waals surface area contributed by atoms with Gasteiger partial charge in [-0.3, -0.25) is 14.2 Å². The summed E-state index contributed by atoms with van der Waals surface area (Å²) in [6, 6.07) is 26.0. The molecule has 4 aromatic rings. The van der Waals surface area contributed by atoms with Crippen LogP contribution in [0, 0.1) is 0 Å². The molecule has 0 saturated carbocycles. The molecule has 0 bridgehead atoms. The lowest BCUT2D eigenvalue weighted by Crippen LogP contribution is -2.28. The topological polar surface area (TPSA) is 88.9 Å². The Labute approximate surface area is 212 Å². The fourth-order valence-electron chi connectivity index (χ4n) is 3.45. The first-order valence-corrected chi connectivity index (χ1v) is 12.4. The number of rotatable bonds is 9. The molecule has 3 aromatic carbocycles. The van der Waals surface area contributed by atoms with Crippen molar-refractivity contribution in [2.24, 2.45) is 0 Å². The summed E-state index contributed by atoms with van der Waals surface area (Å²) in [7, 11) is 0. The van der Waals surface area contributed by atoms with E-state index in [0.717, 1.165) is 11.3 Å². The van der Waals surface area contributed by atoms with E-state index < -0.39 is 0 Å². The molecular formula is C26H24ClN5O2S. The van der Waals surface area contributed by atoms with Crippen molar-refractivity contribution in [2.75, 3.05) is 5.75 Å². The number of aromatic nitrogens is 3. The van der Waals surface area contributed by atoms with Gasteiger partial charge in [0.1, 0.15) is 0 Å². The predicted molar refractivity (Wildman–Crippen MR) is 138 cm³/mol. The van der Waals surface area contributed by atoms with E-state index in [1.165, 1.54) is 11.8 Å². The average Bonchev–Trinajstić information content (AvgIpc) is 3.30. The van der Waals surface area contributed by atoms with Crippen molar-refractivity contribution in [1.82, 2.24) is 25.4 Å². The largest absolute Gasteiger partial charge is 0.349 e. The molecule has 1 atom stereocenters. The molecular weight excluding hydrogens is 482 g/mol. The molecule has 0 saturated heterocycles. The highest BCUT2D eigenvalue weighted by molar-refractivity contribution is 7.99. The molecule has 9 heteroatoms. The second kappa shape index (κ2) is 11.7. The summed E-state index contributed by atoms with van der Waals surface area (Å²) in [5.74, 6) is 0.387. The Morgan fingerprint density at radius 2 is 1.60 bits per heavy atom. The van der Waals surface area contributed by atoms with Crippen molar-refractivity contribution in [3.8, 4) is 5.69 Å². The van der Waals surface area contributed by atoms with Gasteiger partial charge in [0.2, 0.25) is 5.91 Å². The zero-order valence-electron chi connectivity index (χ0n) is 19.0. The maximum absolute atomic E-state index is 12.6. The van der Waals surface area contributed by atoms with Gasteiger partial charge in [-0.1, -0.05) is 71.9 Å². The van der Waals surface area contributed by atoms with Gasteiger partial charge in [-0.2, -0.15) is 0 Å². The Bertz CT molecular complexity index is 1280. The minimum Gasteiger partial charge on any atom is -0.349 e. The number of thioether (sulfide) groups is 1. The molecule has 0 spiro atoms. The minimum absolute atomic E-state index is 0.102. The number of hydrogen-bond acceptors (Lipinski definition) is 5. The molecule has 178 valence electrons. The highest BCUT2D eigenvalue weighted by Crippen LogP contribution is 2.22. The van der Waals surface area contributed by atoms with Crippen molar-refractivity contribution < 1.29 is 9.59 Å². The molecule has 1 heterocycles. The minimum atomic E-state index is -0.243. The number of carbonyl (C=O) groups excluding carboxylic acids is 2. The summed E-state index contributed by atoms with van der Waals surface area (Å²) < 4.78 is 1.85. The van der Waals surface area contributed by atoms with E-state index in [-0.39, 0.29) is 30.2 Å². The van der Waals surface area contributed by atoms with E-state index >= 15 is 0 Å². The molecule has 0 fully saturated rings. The Kier molecular flexibility index (Phi) is 8.18. The van der Waals surface area contributed by atoms with Gasteiger partial charge in [-0.05, 0) is 48.9 Å². The number of halogens is 1. The third-order valence-electron chi connectivity index (χ3n) is 5.24. The fraction of sp³-hybridized carbons (Fsp3) is 0.154. The molecule has 2 amide bonds. The third-order valence-corrected chi connectivity index (χ3v) is 6.42.